The van der Waals surface area contributed by atoms with Crippen LogP contribution in [0.15, 0.2) is 0 Å². The fourth-order valence-corrected chi connectivity index (χ4v) is 11.4. The van der Waals surface area contributed by atoms with Gasteiger partial charge in [0, 0.05) is 25.7 Å². The lowest BCUT2D eigenvalue weighted by molar-refractivity contribution is -0.161. The van der Waals surface area contributed by atoms with Gasteiger partial charge in [-0.25, -0.2) is 9.13 Å². The molecule has 3 unspecified atom stereocenters. The van der Waals surface area contributed by atoms with E-state index in [0.29, 0.717) is 31.6 Å². The summed E-state index contributed by atoms with van der Waals surface area (Å²) in [6.07, 6.45) is 39.2. The molecular weight excluding hydrogens is 1130 g/mol. The standard InChI is InChI=1S/C66H128O17P2/c1-8-10-11-12-23-33-40-47-63(68)76-53-62(83-66(71)50-43-36-29-28-32-39-46-59(7)9-2)56-81-85(74,75)79-52-60(67)51-78-84(72,73)80-55-61(54-77-64(69)48-41-34-27-22-25-31-38-45-58(5)6)82-65(70)49-42-35-26-21-19-17-15-13-14-16-18-20-24-30-37-44-57(3)4/h57-62,67H,8-56H2,1-7H3,(H,72,73)(H,74,75)/t59?,60-,61-,62-/m1/s1. The molecule has 0 aliphatic carbocycles. The van der Waals surface area contributed by atoms with Gasteiger partial charge in [-0.15, -0.1) is 0 Å². The minimum atomic E-state index is -4.95. The fourth-order valence-electron chi connectivity index (χ4n) is 9.80. The van der Waals surface area contributed by atoms with E-state index in [2.05, 4.69) is 48.5 Å². The Kier molecular flexibility index (Phi) is 55.9. The highest BCUT2D eigenvalue weighted by molar-refractivity contribution is 7.47. The van der Waals surface area contributed by atoms with E-state index in [-0.39, 0.29) is 25.7 Å². The Balaban J connectivity index is 5.18. The van der Waals surface area contributed by atoms with Crippen LogP contribution in [0.4, 0.5) is 0 Å². The molecule has 0 aliphatic rings. The molecule has 0 aromatic rings. The van der Waals surface area contributed by atoms with E-state index in [4.69, 9.17) is 37.0 Å². The summed E-state index contributed by atoms with van der Waals surface area (Å²) in [6.45, 7) is 11.7. The predicted octanol–water partition coefficient (Wildman–Crippen LogP) is 18.3. The second-order valence-electron chi connectivity index (χ2n) is 25.1. The van der Waals surface area contributed by atoms with Crippen molar-refractivity contribution in [2.24, 2.45) is 17.8 Å². The lowest BCUT2D eigenvalue weighted by Crippen LogP contribution is -2.30. The van der Waals surface area contributed by atoms with Crippen LogP contribution in [0.3, 0.4) is 0 Å². The molecule has 0 saturated heterocycles. The number of aliphatic hydroxyl groups excluding tert-OH is 1. The zero-order chi connectivity index (χ0) is 63.1. The number of ether oxygens (including phenoxy) is 4. The number of rotatable bonds is 64. The van der Waals surface area contributed by atoms with E-state index in [9.17, 15) is 43.2 Å². The van der Waals surface area contributed by atoms with Gasteiger partial charge in [-0.2, -0.15) is 0 Å². The molecule has 0 aromatic carbocycles. The van der Waals surface area contributed by atoms with E-state index in [1.54, 1.807) is 0 Å². The van der Waals surface area contributed by atoms with Gasteiger partial charge in [-0.1, -0.05) is 273 Å². The summed E-state index contributed by atoms with van der Waals surface area (Å²) in [5, 5.41) is 10.5. The molecule has 6 atom stereocenters. The monoisotopic (exact) mass is 1250 g/mol. The SMILES string of the molecule is CCCCCCCCCC(=O)OC[C@H](COP(=O)(O)OC[C@H](O)COP(=O)(O)OC[C@@H](COC(=O)CCCCCCCCCC(C)C)OC(=O)CCCCCCCCCCCCCCCCCC(C)C)OC(=O)CCCCCCCCC(C)CC. The third-order valence-electron chi connectivity index (χ3n) is 15.5. The fraction of sp³-hybridized carbons (Fsp3) is 0.939. The Morgan fingerprint density at radius 3 is 0.894 bits per heavy atom. The van der Waals surface area contributed by atoms with Gasteiger partial charge in [-0.3, -0.25) is 37.3 Å². The minimum Gasteiger partial charge on any atom is -0.462 e. The highest BCUT2D eigenvalue weighted by Gasteiger charge is 2.30. The summed E-state index contributed by atoms with van der Waals surface area (Å²) in [6, 6.07) is 0. The number of carbonyl (C=O) groups excluding carboxylic acids is 4. The number of phosphoric acid groups is 2. The molecule has 504 valence electrons. The van der Waals surface area contributed by atoms with Crippen LogP contribution < -0.4 is 0 Å². The first-order valence-corrected chi connectivity index (χ1v) is 37.4. The first-order valence-electron chi connectivity index (χ1n) is 34.4. The number of phosphoric ester groups is 2. The van der Waals surface area contributed by atoms with E-state index >= 15 is 0 Å². The quantitative estimate of drug-likeness (QED) is 0.0222. The zero-order valence-electron chi connectivity index (χ0n) is 55.1. The van der Waals surface area contributed by atoms with Gasteiger partial charge in [0.05, 0.1) is 26.4 Å². The molecule has 0 rings (SSSR count). The smallest absolute Gasteiger partial charge is 0.462 e. The van der Waals surface area contributed by atoms with Crippen molar-refractivity contribution in [1.29, 1.82) is 0 Å². The van der Waals surface area contributed by atoms with Crippen LogP contribution in [0.1, 0.15) is 325 Å². The lowest BCUT2D eigenvalue weighted by Gasteiger charge is -2.21. The minimum absolute atomic E-state index is 0.102. The molecule has 0 aromatic heterocycles. The highest BCUT2D eigenvalue weighted by Crippen LogP contribution is 2.45. The van der Waals surface area contributed by atoms with Crippen LogP contribution in [0, 0.1) is 17.8 Å². The van der Waals surface area contributed by atoms with E-state index in [1.807, 2.05) is 0 Å². The largest absolute Gasteiger partial charge is 0.472 e. The topological polar surface area (TPSA) is 237 Å². The Morgan fingerprint density at radius 1 is 0.341 bits per heavy atom. The van der Waals surface area contributed by atoms with Crippen molar-refractivity contribution in [3.63, 3.8) is 0 Å². The molecule has 0 bridgehead atoms. The Hall–Kier alpha value is -1.94. The molecule has 0 aliphatic heterocycles. The van der Waals surface area contributed by atoms with Gasteiger partial charge in [0.25, 0.3) is 0 Å². The predicted molar refractivity (Wildman–Crippen MR) is 340 cm³/mol. The zero-order valence-corrected chi connectivity index (χ0v) is 56.9. The third-order valence-corrected chi connectivity index (χ3v) is 17.4. The molecule has 0 spiro atoms. The van der Waals surface area contributed by atoms with Crippen LogP contribution in [0.25, 0.3) is 0 Å². The summed E-state index contributed by atoms with van der Waals surface area (Å²) in [4.78, 5) is 72.2. The second-order valence-corrected chi connectivity index (χ2v) is 28.0. The number of hydrogen-bond acceptors (Lipinski definition) is 15. The molecule has 85 heavy (non-hydrogen) atoms. The van der Waals surface area contributed by atoms with Crippen LogP contribution in [-0.4, -0.2) is 96.7 Å². The second kappa shape index (κ2) is 57.2. The molecule has 0 saturated carbocycles. The average molecular weight is 1260 g/mol. The molecular formula is C66H128O17P2. The normalized spacial score (nSPS) is 14.6. The first kappa shape index (κ1) is 83.1. The third kappa shape index (κ3) is 59.5. The van der Waals surface area contributed by atoms with Gasteiger partial charge in [0.1, 0.15) is 19.3 Å². The number of aliphatic hydroxyl groups is 1. The summed E-state index contributed by atoms with van der Waals surface area (Å²) >= 11 is 0. The molecule has 19 heteroatoms. The van der Waals surface area contributed by atoms with Crippen molar-refractivity contribution < 1.29 is 80.2 Å². The first-order chi connectivity index (χ1) is 40.8. The van der Waals surface area contributed by atoms with Crippen LogP contribution in [0.2, 0.25) is 0 Å². The Labute approximate surface area is 517 Å². The molecule has 0 fully saturated rings. The highest BCUT2D eigenvalue weighted by atomic mass is 31.2. The number of esters is 4. The van der Waals surface area contributed by atoms with Crippen molar-refractivity contribution in [3.05, 3.63) is 0 Å². The van der Waals surface area contributed by atoms with Gasteiger partial charge in [0.2, 0.25) is 0 Å². The van der Waals surface area contributed by atoms with Crippen LogP contribution >= 0.6 is 15.6 Å². The summed E-state index contributed by atoms with van der Waals surface area (Å²) < 4.78 is 68.0. The van der Waals surface area contributed by atoms with Crippen molar-refractivity contribution in [2.45, 2.75) is 343 Å². The maximum Gasteiger partial charge on any atom is 0.472 e. The van der Waals surface area contributed by atoms with E-state index in [1.165, 1.54) is 116 Å². The van der Waals surface area contributed by atoms with Gasteiger partial charge >= 0.3 is 39.5 Å². The number of carbonyl (C=O) groups is 4. The van der Waals surface area contributed by atoms with E-state index in [0.717, 1.165) is 121 Å². The van der Waals surface area contributed by atoms with Crippen molar-refractivity contribution in [3.8, 4) is 0 Å². The number of unbranched alkanes of at least 4 members (excludes halogenated alkanes) is 31. The lowest BCUT2D eigenvalue weighted by atomic mass is 10.00. The van der Waals surface area contributed by atoms with Gasteiger partial charge in [-0.05, 0) is 43.4 Å². The molecule has 0 radical (unpaired) electrons. The van der Waals surface area contributed by atoms with E-state index < -0.39 is 97.5 Å². The maximum absolute atomic E-state index is 13.0. The summed E-state index contributed by atoms with van der Waals surface area (Å²) in [7, 11) is -9.89. The van der Waals surface area contributed by atoms with Crippen LogP contribution in [-0.2, 0) is 65.4 Å². The Morgan fingerprint density at radius 2 is 0.600 bits per heavy atom. The average Bonchev–Trinajstić information content (AvgIpc) is 3.47. The van der Waals surface area contributed by atoms with Gasteiger partial charge < -0.3 is 33.8 Å². The van der Waals surface area contributed by atoms with Gasteiger partial charge in [0.15, 0.2) is 12.2 Å². The molecule has 0 amide bonds. The maximum atomic E-state index is 13.0. The molecule has 17 nitrogen and oxygen atoms in total. The summed E-state index contributed by atoms with van der Waals surface area (Å²) in [5.41, 5.74) is 0. The Bertz CT molecular complexity index is 1680. The molecule has 3 N–H and O–H groups in total. The summed E-state index contributed by atoms with van der Waals surface area (Å²) in [5.74, 6) is 0.0878. The molecule has 0 heterocycles. The van der Waals surface area contributed by atoms with Crippen molar-refractivity contribution in [2.75, 3.05) is 39.6 Å². The van der Waals surface area contributed by atoms with Crippen LogP contribution in [0.5, 0.6) is 0 Å². The van der Waals surface area contributed by atoms with Crippen molar-refractivity contribution >= 4 is 39.5 Å². The van der Waals surface area contributed by atoms with Crippen molar-refractivity contribution in [1.82, 2.24) is 0 Å². The number of hydrogen-bond donors (Lipinski definition) is 3.